The van der Waals surface area contributed by atoms with Gasteiger partial charge >= 0.3 is 0 Å². The number of aryl methyl sites for hydroxylation is 1. The minimum atomic E-state index is -0.465. The van der Waals surface area contributed by atoms with E-state index < -0.39 is 5.91 Å². The van der Waals surface area contributed by atoms with E-state index in [9.17, 15) is 4.79 Å². The number of carbonyl (C=O) groups is 1. The molecule has 0 aliphatic carbocycles. The van der Waals surface area contributed by atoms with Gasteiger partial charge in [0.05, 0.1) is 5.69 Å². The molecule has 4 aromatic rings. The van der Waals surface area contributed by atoms with Gasteiger partial charge in [0.2, 0.25) is 5.91 Å². The van der Waals surface area contributed by atoms with Gasteiger partial charge in [-0.15, -0.1) is 0 Å². The van der Waals surface area contributed by atoms with E-state index in [1.165, 1.54) is 11.9 Å². The number of fused-ring (bicyclic) bond motifs is 1. The number of carbonyl (C=O) groups excluding carboxylic acids is 1. The highest BCUT2D eigenvalue weighted by atomic mass is 16.5. The van der Waals surface area contributed by atoms with Crippen LogP contribution in [-0.2, 0) is 6.42 Å². The van der Waals surface area contributed by atoms with Crippen LogP contribution in [0.25, 0.3) is 17.0 Å². The van der Waals surface area contributed by atoms with Crippen molar-refractivity contribution < 1.29 is 9.53 Å². The molecule has 0 aliphatic rings. The van der Waals surface area contributed by atoms with Gasteiger partial charge in [-0.1, -0.05) is 20.3 Å². The first-order chi connectivity index (χ1) is 17.0. The molecule has 0 spiro atoms. The minimum Gasteiger partial charge on any atom is -0.492 e. The number of aromatic nitrogens is 4. The molecule has 182 valence electrons. The van der Waals surface area contributed by atoms with Gasteiger partial charge < -0.3 is 20.7 Å². The molecule has 0 bridgehead atoms. The monoisotopic (exact) mass is 473 g/mol. The van der Waals surface area contributed by atoms with E-state index in [4.69, 9.17) is 10.5 Å². The normalized spacial score (nSPS) is 11.2. The van der Waals surface area contributed by atoms with Gasteiger partial charge in [-0.3, -0.25) is 4.79 Å². The van der Waals surface area contributed by atoms with Crippen LogP contribution in [0.2, 0.25) is 0 Å². The van der Waals surface area contributed by atoms with Crippen molar-refractivity contribution in [2.24, 2.45) is 5.73 Å². The first-order valence-electron chi connectivity index (χ1n) is 11.8. The van der Waals surface area contributed by atoms with Crippen LogP contribution < -0.4 is 15.8 Å². The Morgan fingerprint density at radius 2 is 1.94 bits per heavy atom. The number of nitrogens with two attached hydrogens (primary N) is 1. The zero-order valence-electron chi connectivity index (χ0n) is 20.4. The average Bonchev–Trinajstić information content (AvgIpc) is 3.32. The molecule has 2 aromatic carbocycles. The zero-order chi connectivity index (χ0) is 24.8. The number of likely N-dealkylation sites (N-methyl/N-ethyl adjacent to an activating group) is 1. The first kappa shape index (κ1) is 24.2. The molecule has 3 N–H and O–H groups in total. The largest absolute Gasteiger partial charge is 0.492 e. The standard InChI is InChI=1S/C26H31N7O2/c1-4-6-18-13-20(15-22(14-18)35-12-11-32(3)5-2)23-16-24(31-26-28-17-29-33(23)26)30-21-9-7-19(8-10-21)25(27)34/h7-10,13-17H,4-6,11-12H2,1-3H3,(H2,27,34)(H,28,29,30,31). The maximum Gasteiger partial charge on any atom is 0.254 e. The molecular formula is C26H31N7O2. The zero-order valence-corrected chi connectivity index (χ0v) is 20.4. The lowest BCUT2D eigenvalue weighted by Crippen LogP contribution is -2.23. The average molecular weight is 474 g/mol. The van der Waals surface area contributed by atoms with Crippen LogP contribution >= 0.6 is 0 Å². The molecule has 0 fully saturated rings. The van der Waals surface area contributed by atoms with E-state index >= 15 is 0 Å². The van der Waals surface area contributed by atoms with Crippen molar-refractivity contribution in [2.75, 3.05) is 32.1 Å². The second-order valence-electron chi connectivity index (χ2n) is 8.43. The number of hydrogen-bond acceptors (Lipinski definition) is 7. The summed E-state index contributed by atoms with van der Waals surface area (Å²) in [7, 11) is 2.08. The van der Waals surface area contributed by atoms with E-state index in [0.29, 0.717) is 23.8 Å². The quantitative estimate of drug-likeness (QED) is 0.340. The van der Waals surface area contributed by atoms with Crippen LogP contribution in [0.5, 0.6) is 5.75 Å². The third-order valence-electron chi connectivity index (χ3n) is 5.78. The highest BCUT2D eigenvalue weighted by molar-refractivity contribution is 5.93. The fraction of sp³-hybridized carbons (Fsp3) is 0.308. The Morgan fingerprint density at radius 3 is 2.66 bits per heavy atom. The predicted octanol–water partition coefficient (Wildman–Crippen LogP) is 3.92. The predicted molar refractivity (Wildman–Crippen MR) is 137 cm³/mol. The molecular weight excluding hydrogens is 442 g/mol. The van der Waals surface area contributed by atoms with Crippen LogP contribution in [0.3, 0.4) is 0 Å². The van der Waals surface area contributed by atoms with Gasteiger partial charge in [-0.25, -0.2) is 0 Å². The highest BCUT2D eigenvalue weighted by Gasteiger charge is 2.13. The van der Waals surface area contributed by atoms with Crippen molar-refractivity contribution >= 4 is 23.2 Å². The van der Waals surface area contributed by atoms with Crippen molar-refractivity contribution in [2.45, 2.75) is 26.7 Å². The molecule has 35 heavy (non-hydrogen) atoms. The summed E-state index contributed by atoms with van der Waals surface area (Å²) in [6.45, 7) is 6.74. The lowest BCUT2D eigenvalue weighted by atomic mass is 10.0. The van der Waals surface area contributed by atoms with Crippen molar-refractivity contribution in [1.29, 1.82) is 0 Å². The Labute approximate surface area is 205 Å². The lowest BCUT2D eigenvalue weighted by Gasteiger charge is -2.16. The fourth-order valence-corrected chi connectivity index (χ4v) is 3.75. The van der Waals surface area contributed by atoms with Crippen LogP contribution in [0, 0.1) is 0 Å². The van der Waals surface area contributed by atoms with Gasteiger partial charge in [0.15, 0.2) is 0 Å². The molecule has 0 unspecified atom stereocenters. The van der Waals surface area contributed by atoms with Gasteiger partial charge in [0.1, 0.15) is 24.5 Å². The summed E-state index contributed by atoms with van der Waals surface area (Å²) in [4.78, 5) is 22.5. The lowest BCUT2D eigenvalue weighted by molar-refractivity contribution is 0.100. The number of primary amides is 1. The Balaban J connectivity index is 1.68. The number of nitrogens with zero attached hydrogens (tertiary/aromatic N) is 5. The molecule has 9 nitrogen and oxygen atoms in total. The van der Waals surface area contributed by atoms with Crippen molar-refractivity contribution in [1.82, 2.24) is 24.5 Å². The van der Waals surface area contributed by atoms with Crippen molar-refractivity contribution in [3.05, 3.63) is 66.0 Å². The summed E-state index contributed by atoms with van der Waals surface area (Å²) in [6, 6.07) is 15.2. The number of benzene rings is 2. The van der Waals surface area contributed by atoms with Gasteiger partial charge in [-0.2, -0.15) is 19.6 Å². The summed E-state index contributed by atoms with van der Waals surface area (Å²) >= 11 is 0. The second kappa shape index (κ2) is 11.0. The summed E-state index contributed by atoms with van der Waals surface area (Å²) < 4.78 is 7.84. The Morgan fingerprint density at radius 1 is 1.14 bits per heavy atom. The smallest absolute Gasteiger partial charge is 0.254 e. The maximum atomic E-state index is 11.4. The number of ether oxygens (including phenoxy) is 1. The number of nitrogens with one attached hydrogen (secondary N) is 1. The summed E-state index contributed by atoms with van der Waals surface area (Å²) in [5.74, 6) is 1.46. The topological polar surface area (TPSA) is 111 Å². The molecule has 0 saturated heterocycles. The molecule has 0 radical (unpaired) electrons. The van der Waals surface area contributed by atoms with E-state index in [-0.39, 0.29) is 0 Å². The van der Waals surface area contributed by atoms with Crippen LogP contribution in [-0.4, -0.2) is 57.1 Å². The van der Waals surface area contributed by atoms with E-state index in [0.717, 1.165) is 48.6 Å². The van der Waals surface area contributed by atoms with Crippen LogP contribution in [0.4, 0.5) is 11.5 Å². The molecule has 0 aliphatic heterocycles. The third-order valence-corrected chi connectivity index (χ3v) is 5.78. The van der Waals surface area contributed by atoms with E-state index in [1.54, 1.807) is 28.8 Å². The highest BCUT2D eigenvalue weighted by Crippen LogP contribution is 2.29. The Hall–Kier alpha value is -3.98. The van der Waals surface area contributed by atoms with Gasteiger partial charge in [0, 0.05) is 29.4 Å². The van der Waals surface area contributed by atoms with E-state index in [2.05, 4.69) is 58.3 Å². The maximum absolute atomic E-state index is 11.4. The number of hydrogen-bond donors (Lipinski definition) is 2. The number of amides is 1. The minimum absolute atomic E-state index is 0.447. The molecule has 1 amide bonds. The summed E-state index contributed by atoms with van der Waals surface area (Å²) in [6.07, 6.45) is 3.47. The van der Waals surface area contributed by atoms with Crippen molar-refractivity contribution in [3.8, 4) is 17.0 Å². The fourth-order valence-electron chi connectivity index (χ4n) is 3.75. The second-order valence-corrected chi connectivity index (χ2v) is 8.43. The van der Waals surface area contributed by atoms with Gasteiger partial charge in [-0.05, 0) is 68.0 Å². The molecule has 0 atom stereocenters. The third kappa shape index (κ3) is 5.93. The number of rotatable bonds is 11. The molecule has 2 aromatic heterocycles. The Kier molecular flexibility index (Phi) is 7.57. The summed E-state index contributed by atoms with van der Waals surface area (Å²) in [5, 5.41) is 7.68. The summed E-state index contributed by atoms with van der Waals surface area (Å²) in [5.41, 5.74) is 9.59. The van der Waals surface area contributed by atoms with Crippen LogP contribution in [0.15, 0.2) is 54.9 Å². The molecule has 2 heterocycles. The van der Waals surface area contributed by atoms with Gasteiger partial charge in [0.25, 0.3) is 5.78 Å². The molecule has 4 rings (SSSR count). The molecule has 0 saturated carbocycles. The van der Waals surface area contributed by atoms with E-state index in [1.807, 2.05) is 12.1 Å². The number of anilines is 2. The SMILES string of the molecule is CCCc1cc(OCCN(C)CC)cc(-c2cc(Nc3ccc(C(N)=O)cc3)nc3ncnn23)c1. The molecule has 9 heteroatoms. The Bertz CT molecular complexity index is 1300. The first-order valence-corrected chi connectivity index (χ1v) is 11.8. The van der Waals surface area contributed by atoms with Crippen LogP contribution in [0.1, 0.15) is 36.2 Å². The van der Waals surface area contributed by atoms with Crippen molar-refractivity contribution in [3.63, 3.8) is 0 Å².